The van der Waals surface area contributed by atoms with Crippen LogP contribution in [0.1, 0.15) is 12.0 Å². The number of rotatable bonds is 2. The van der Waals surface area contributed by atoms with Gasteiger partial charge in [-0.05, 0) is 29.7 Å². The van der Waals surface area contributed by atoms with Gasteiger partial charge in [-0.1, -0.05) is 6.08 Å². The van der Waals surface area contributed by atoms with Crippen LogP contribution in [0.25, 0.3) is 5.57 Å². The van der Waals surface area contributed by atoms with Crippen LogP contribution in [-0.2, 0) is 4.74 Å². The van der Waals surface area contributed by atoms with E-state index in [1.54, 1.807) is 12.1 Å². The molecule has 0 fully saturated rings. The number of benzene rings is 1. The molecule has 15 heavy (non-hydrogen) atoms. The Labute approximate surface area is 87.3 Å². The van der Waals surface area contributed by atoms with E-state index in [9.17, 15) is 10.1 Å². The third-order valence-corrected chi connectivity index (χ3v) is 2.36. The number of nitrogens with zero attached hydrogens (tertiary/aromatic N) is 1. The summed E-state index contributed by atoms with van der Waals surface area (Å²) in [6, 6.07) is 6.56. The molecule has 0 saturated heterocycles. The molecule has 1 aliphatic heterocycles. The fourth-order valence-electron chi connectivity index (χ4n) is 1.56. The van der Waals surface area contributed by atoms with Crippen LogP contribution >= 0.6 is 0 Å². The van der Waals surface area contributed by atoms with Gasteiger partial charge in [0.05, 0.1) is 18.1 Å². The van der Waals surface area contributed by atoms with Crippen LogP contribution in [0.15, 0.2) is 30.3 Å². The predicted molar refractivity (Wildman–Crippen MR) is 56.5 cm³/mol. The minimum absolute atomic E-state index is 0.121. The molecule has 0 bridgehead atoms. The molecule has 1 aromatic carbocycles. The maximum absolute atomic E-state index is 10.5. The summed E-state index contributed by atoms with van der Waals surface area (Å²) in [7, 11) is 0. The van der Waals surface area contributed by atoms with Crippen molar-refractivity contribution in [2.75, 3.05) is 13.2 Å². The first-order valence-electron chi connectivity index (χ1n) is 4.79. The molecule has 2 rings (SSSR count). The summed E-state index contributed by atoms with van der Waals surface area (Å²) in [4.78, 5) is 10.1. The molecule has 0 amide bonds. The second-order valence-corrected chi connectivity index (χ2v) is 3.37. The lowest BCUT2D eigenvalue weighted by molar-refractivity contribution is -0.384. The summed E-state index contributed by atoms with van der Waals surface area (Å²) < 4.78 is 5.31. The SMILES string of the molecule is O=[N+]([O-])c1ccc(C2=CCCOC2)cc1. The maximum atomic E-state index is 10.5. The summed E-state index contributed by atoms with van der Waals surface area (Å²) in [5.41, 5.74) is 2.23. The lowest BCUT2D eigenvalue weighted by Crippen LogP contribution is -2.04. The van der Waals surface area contributed by atoms with Crippen LogP contribution in [0.5, 0.6) is 0 Å². The molecule has 78 valence electrons. The second-order valence-electron chi connectivity index (χ2n) is 3.37. The molecule has 0 radical (unpaired) electrons. The summed E-state index contributed by atoms with van der Waals surface area (Å²) >= 11 is 0. The monoisotopic (exact) mass is 205 g/mol. The third kappa shape index (κ3) is 2.22. The molecule has 1 aromatic rings. The average Bonchev–Trinajstić information content (AvgIpc) is 2.30. The highest BCUT2D eigenvalue weighted by atomic mass is 16.6. The largest absolute Gasteiger partial charge is 0.376 e. The number of hydrogen-bond acceptors (Lipinski definition) is 3. The lowest BCUT2D eigenvalue weighted by Gasteiger charge is -2.13. The highest BCUT2D eigenvalue weighted by molar-refractivity contribution is 5.67. The van der Waals surface area contributed by atoms with Crippen LogP contribution < -0.4 is 0 Å². The number of nitro benzene ring substituents is 1. The Kier molecular flexibility index (Phi) is 2.78. The minimum Gasteiger partial charge on any atom is -0.376 e. The van der Waals surface area contributed by atoms with Crippen LogP contribution in [0, 0.1) is 10.1 Å². The molecule has 0 saturated carbocycles. The molecule has 4 nitrogen and oxygen atoms in total. The quantitative estimate of drug-likeness (QED) is 0.550. The first-order chi connectivity index (χ1) is 7.27. The number of ether oxygens (including phenoxy) is 1. The van der Waals surface area contributed by atoms with Gasteiger partial charge in [0.25, 0.3) is 5.69 Å². The Hall–Kier alpha value is -1.68. The van der Waals surface area contributed by atoms with Gasteiger partial charge >= 0.3 is 0 Å². The Bertz CT molecular complexity index is 395. The Morgan fingerprint density at radius 3 is 2.53 bits per heavy atom. The molecular weight excluding hydrogens is 194 g/mol. The van der Waals surface area contributed by atoms with Crippen molar-refractivity contribution >= 4 is 11.3 Å². The fourth-order valence-corrected chi connectivity index (χ4v) is 1.56. The highest BCUT2D eigenvalue weighted by Gasteiger charge is 2.08. The summed E-state index contributed by atoms with van der Waals surface area (Å²) in [5, 5.41) is 10.5. The standard InChI is InChI=1S/C11H11NO3/c13-12(14)11-5-3-9(4-6-11)10-2-1-7-15-8-10/h2-6H,1,7-8H2. The van der Waals surface area contributed by atoms with E-state index < -0.39 is 4.92 Å². The molecular formula is C11H11NO3. The smallest absolute Gasteiger partial charge is 0.269 e. The number of nitro groups is 1. The van der Waals surface area contributed by atoms with Crippen LogP contribution in [0.4, 0.5) is 5.69 Å². The first-order valence-corrected chi connectivity index (χ1v) is 4.79. The number of hydrogen-bond donors (Lipinski definition) is 0. The highest BCUT2D eigenvalue weighted by Crippen LogP contribution is 2.21. The summed E-state index contributed by atoms with van der Waals surface area (Å²) in [6.45, 7) is 1.36. The van der Waals surface area contributed by atoms with Gasteiger partial charge in [0.15, 0.2) is 0 Å². The van der Waals surface area contributed by atoms with Crippen LogP contribution in [0.3, 0.4) is 0 Å². The zero-order valence-electron chi connectivity index (χ0n) is 8.18. The zero-order chi connectivity index (χ0) is 10.7. The Morgan fingerprint density at radius 1 is 1.27 bits per heavy atom. The van der Waals surface area contributed by atoms with E-state index in [0.29, 0.717) is 6.61 Å². The Balaban J connectivity index is 2.23. The van der Waals surface area contributed by atoms with Gasteiger partial charge in [0, 0.05) is 12.1 Å². The topological polar surface area (TPSA) is 52.4 Å². The van der Waals surface area contributed by atoms with E-state index in [-0.39, 0.29) is 5.69 Å². The van der Waals surface area contributed by atoms with E-state index in [2.05, 4.69) is 6.08 Å². The first kappa shape index (κ1) is 9.86. The third-order valence-electron chi connectivity index (χ3n) is 2.36. The van der Waals surface area contributed by atoms with Crippen molar-refractivity contribution in [2.24, 2.45) is 0 Å². The molecule has 1 aliphatic rings. The van der Waals surface area contributed by atoms with Crippen LogP contribution in [-0.4, -0.2) is 18.1 Å². The van der Waals surface area contributed by atoms with Gasteiger partial charge in [-0.15, -0.1) is 0 Å². The number of non-ortho nitro benzene ring substituents is 1. The van der Waals surface area contributed by atoms with Gasteiger partial charge in [-0.25, -0.2) is 0 Å². The molecule has 0 unspecified atom stereocenters. The maximum Gasteiger partial charge on any atom is 0.269 e. The van der Waals surface area contributed by atoms with Gasteiger partial charge < -0.3 is 4.74 Å². The van der Waals surface area contributed by atoms with E-state index in [0.717, 1.165) is 24.2 Å². The molecule has 0 spiro atoms. The van der Waals surface area contributed by atoms with Crippen molar-refractivity contribution in [3.63, 3.8) is 0 Å². The lowest BCUT2D eigenvalue weighted by atomic mass is 10.0. The van der Waals surface area contributed by atoms with Crippen molar-refractivity contribution in [1.29, 1.82) is 0 Å². The molecule has 0 aromatic heterocycles. The summed E-state index contributed by atoms with van der Waals surface area (Å²) in [6.07, 6.45) is 3.02. The normalized spacial score (nSPS) is 15.9. The minimum atomic E-state index is -0.393. The van der Waals surface area contributed by atoms with Crippen molar-refractivity contribution in [3.05, 3.63) is 46.0 Å². The molecule has 1 heterocycles. The van der Waals surface area contributed by atoms with Gasteiger partial charge in [-0.3, -0.25) is 10.1 Å². The molecule has 4 heteroatoms. The van der Waals surface area contributed by atoms with Gasteiger partial charge in [0.1, 0.15) is 0 Å². The van der Waals surface area contributed by atoms with E-state index in [1.165, 1.54) is 12.1 Å². The predicted octanol–water partition coefficient (Wildman–Crippen LogP) is 2.40. The molecule has 0 aliphatic carbocycles. The van der Waals surface area contributed by atoms with Gasteiger partial charge in [0.2, 0.25) is 0 Å². The van der Waals surface area contributed by atoms with E-state index in [1.807, 2.05) is 0 Å². The van der Waals surface area contributed by atoms with Gasteiger partial charge in [-0.2, -0.15) is 0 Å². The van der Waals surface area contributed by atoms with E-state index >= 15 is 0 Å². The zero-order valence-corrected chi connectivity index (χ0v) is 8.18. The van der Waals surface area contributed by atoms with E-state index in [4.69, 9.17) is 4.74 Å². The second kappa shape index (κ2) is 4.23. The van der Waals surface area contributed by atoms with Crippen molar-refractivity contribution in [3.8, 4) is 0 Å². The van der Waals surface area contributed by atoms with Crippen molar-refractivity contribution in [1.82, 2.24) is 0 Å². The molecule has 0 atom stereocenters. The van der Waals surface area contributed by atoms with Crippen LogP contribution in [0.2, 0.25) is 0 Å². The van der Waals surface area contributed by atoms with Crippen molar-refractivity contribution < 1.29 is 9.66 Å². The Morgan fingerprint density at radius 2 is 2.00 bits per heavy atom. The average molecular weight is 205 g/mol. The fraction of sp³-hybridized carbons (Fsp3) is 0.273. The van der Waals surface area contributed by atoms with Crippen molar-refractivity contribution in [2.45, 2.75) is 6.42 Å². The molecule has 0 N–H and O–H groups in total. The summed E-state index contributed by atoms with van der Waals surface area (Å²) in [5.74, 6) is 0.